The van der Waals surface area contributed by atoms with Gasteiger partial charge in [-0.15, -0.1) is 11.3 Å². The van der Waals surface area contributed by atoms with Crippen molar-refractivity contribution < 1.29 is 8.42 Å². The lowest BCUT2D eigenvalue weighted by Gasteiger charge is -2.30. The molecule has 1 aliphatic rings. The van der Waals surface area contributed by atoms with E-state index in [-0.39, 0.29) is 0 Å². The average Bonchev–Trinajstić information content (AvgIpc) is 3.06. The molecule has 2 N–H and O–H groups in total. The summed E-state index contributed by atoms with van der Waals surface area (Å²) >= 11 is 1.61. The molecular formula is C16H30N6O2S2. The molecule has 0 aliphatic carbocycles. The standard InChI is InChI=1S/C16H30N6O2S2/c1-5-17-15(19-11-14-12-25-16(20-14)21(2)3)18-10-13-6-8-22(9-7-13)26(4,23)24/h12-13H,5-11H2,1-4H3,(H2,17,18,19). The first-order chi connectivity index (χ1) is 12.3. The number of guanidine groups is 1. The Morgan fingerprint density at radius 1 is 1.38 bits per heavy atom. The van der Waals surface area contributed by atoms with Gasteiger partial charge in [-0.1, -0.05) is 0 Å². The highest BCUT2D eigenvalue weighted by atomic mass is 32.2. The van der Waals surface area contributed by atoms with Gasteiger partial charge in [0.15, 0.2) is 11.1 Å². The summed E-state index contributed by atoms with van der Waals surface area (Å²) in [5.41, 5.74) is 0.956. The lowest BCUT2D eigenvalue weighted by Crippen LogP contribution is -2.44. The SMILES string of the molecule is CCNC(=NCc1csc(N(C)C)n1)NCC1CCN(S(C)(=O)=O)CC1. The van der Waals surface area contributed by atoms with Gasteiger partial charge >= 0.3 is 0 Å². The second kappa shape index (κ2) is 9.52. The Hall–Kier alpha value is -1.39. The highest BCUT2D eigenvalue weighted by Gasteiger charge is 2.24. The first kappa shape index (κ1) is 20.9. The normalized spacial score (nSPS) is 17.3. The first-order valence-corrected chi connectivity index (χ1v) is 11.6. The molecule has 2 heterocycles. The molecule has 0 aromatic carbocycles. The van der Waals surface area contributed by atoms with Gasteiger partial charge in [-0.25, -0.2) is 22.7 Å². The molecule has 0 atom stereocenters. The van der Waals surface area contributed by atoms with E-state index in [1.165, 1.54) is 6.26 Å². The van der Waals surface area contributed by atoms with Crippen molar-refractivity contribution in [1.82, 2.24) is 19.9 Å². The minimum atomic E-state index is -3.07. The lowest BCUT2D eigenvalue weighted by molar-refractivity contribution is 0.275. The third-order valence-corrected chi connectivity index (χ3v) is 6.63. The van der Waals surface area contributed by atoms with Crippen LogP contribution in [0.1, 0.15) is 25.5 Å². The summed E-state index contributed by atoms with van der Waals surface area (Å²) in [6.07, 6.45) is 3.03. The Kier molecular flexibility index (Phi) is 7.66. The summed E-state index contributed by atoms with van der Waals surface area (Å²) < 4.78 is 24.7. The first-order valence-electron chi connectivity index (χ1n) is 8.88. The molecule has 1 aromatic heterocycles. The van der Waals surface area contributed by atoms with Crippen molar-refractivity contribution in [3.05, 3.63) is 11.1 Å². The van der Waals surface area contributed by atoms with Crippen LogP contribution in [-0.4, -0.2) is 70.2 Å². The fourth-order valence-electron chi connectivity index (χ4n) is 2.76. The van der Waals surface area contributed by atoms with E-state index in [2.05, 4.69) is 20.6 Å². The summed E-state index contributed by atoms with van der Waals surface area (Å²) in [5.74, 6) is 1.23. The monoisotopic (exact) mass is 402 g/mol. The predicted molar refractivity (Wildman–Crippen MR) is 108 cm³/mol. The second-order valence-electron chi connectivity index (χ2n) is 6.70. The minimum Gasteiger partial charge on any atom is -0.357 e. The largest absolute Gasteiger partial charge is 0.357 e. The van der Waals surface area contributed by atoms with Crippen molar-refractivity contribution in [1.29, 1.82) is 0 Å². The number of sulfonamides is 1. The predicted octanol–water partition coefficient (Wildman–Crippen LogP) is 0.936. The van der Waals surface area contributed by atoms with Crippen LogP contribution in [0.25, 0.3) is 0 Å². The molecular weight excluding hydrogens is 372 g/mol. The smallest absolute Gasteiger partial charge is 0.211 e. The number of piperidine rings is 1. The van der Waals surface area contributed by atoms with Gasteiger partial charge in [-0.05, 0) is 25.7 Å². The van der Waals surface area contributed by atoms with Gasteiger partial charge in [0.05, 0.1) is 18.5 Å². The summed E-state index contributed by atoms with van der Waals surface area (Å²) in [4.78, 5) is 11.1. The van der Waals surface area contributed by atoms with Gasteiger partial charge < -0.3 is 15.5 Å². The van der Waals surface area contributed by atoms with E-state index in [4.69, 9.17) is 0 Å². The Bertz CT molecular complexity index is 693. The van der Waals surface area contributed by atoms with Crippen molar-refractivity contribution in [2.75, 3.05) is 51.4 Å². The fourth-order valence-corrected chi connectivity index (χ4v) is 4.39. The van der Waals surface area contributed by atoms with Gasteiger partial charge in [-0.3, -0.25) is 0 Å². The summed E-state index contributed by atoms with van der Waals surface area (Å²) in [5, 5.41) is 9.64. The third-order valence-electron chi connectivity index (χ3n) is 4.27. The van der Waals surface area contributed by atoms with Gasteiger partial charge in [0.25, 0.3) is 0 Å². The topological polar surface area (TPSA) is 89.9 Å². The molecule has 10 heteroatoms. The molecule has 1 aromatic rings. The zero-order valence-electron chi connectivity index (χ0n) is 16.0. The summed E-state index contributed by atoms with van der Waals surface area (Å²) in [6.45, 7) is 5.36. The molecule has 2 rings (SSSR count). The van der Waals surface area contributed by atoms with Crippen LogP contribution >= 0.6 is 11.3 Å². The average molecular weight is 403 g/mol. The molecule has 0 unspecified atom stereocenters. The number of aliphatic imine (C=N–C) groups is 1. The molecule has 0 bridgehead atoms. The van der Waals surface area contributed by atoms with Crippen LogP contribution in [0.3, 0.4) is 0 Å². The van der Waals surface area contributed by atoms with E-state index < -0.39 is 10.0 Å². The van der Waals surface area contributed by atoms with Crippen LogP contribution in [-0.2, 0) is 16.6 Å². The molecule has 1 aliphatic heterocycles. The number of anilines is 1. The van der Waals surface area contributed by atoms with Gasteiger partial charge in [0.1, 0.15) is 0 Å². The van der Waals surface area contributed by atoms with E-state index >= 15 is 0 Å². The van der Waals surface area contributed by atoms with Crippen molar-refractivity contribution in [2.24, 2.45) is 10.9 Å². The number of rotatable bonds is 7. The van der Waals surface area contributed by atoms with E-state index in [0.717, 1.165) is 42.7 Å². The molecule has 148 valence electrons. The van der Waals surface area contributed by atoms with Crippen molar-refractivity contribution in [3.63, 3.8) is 0 Å². The molecule has 0 amide bonds. The quantitative estimate of drug-likeness (QED) is 0.521. The highest BCUT2D eigenvalue weighted by molar-refractivity contribution is 7.88. The number of thiazole rings is 1. The molecule has 8 nitrogen and oxygen atoms in total. The Morgan fingerprint density at radius 3 is 2.62 bits per heavy atom. The number of nitrogens with one attached hydrogen (secondary N) is 2. The Labute approximate surface area is 160 Å². The molecule has 26 heavy (non-hydrogen) atoms. The Balaban J connectivity index is 1.84. The van der Waals surface area contributed by atoms with Crippen molar-refractivity contribution >= 4 is 32.5 Å². The molecule has 0 radical (unpaired) electrons. The highest BCUT2D eigenvalue weighted by Crippen LogP contribution is 2.19. The van der Waals surface area contributed by atoms with E-state index in [1.54, 1.807) is 15.6 Å². The maximum atomic E-state index is 11.6. The van der Waals surface area contributed by atoms with E-state index in [1.807, 2.05) is 31.3 Å². The van der Waals surface area contributed by atoms with Crippen LogP contribution in [0.4, 0.5) is 5.13 Å². The maximum absolute atomic E-state index is 11.6. The zero-order valence-corrected chi connectivity index (χ0v) is 17.7. The maximum Gasteiger partial charge on any atom is 0.211 e. The third kappa shape index (κ3) is 6.40. The number of aromatic nitrogens is 1. The molecule has 0 saturated carbocycles. The van der Waals surface area contributed by atoms with Crippen LogP contribution in [0.2, 0.25) is 0 Å². The lowest BCUT2D eigenvalue weighted by atomic mass is 9.98. The number of hydrogen-bond acceptors (Lipinski definition) is 6. The van der Waals surface area contributed by atoms with Crippen molar-refractivity contribution in [2.45, 2.75) is 26.3 Å². The Morgan fingerprint density at radius 2 is 2.08 bits per heavy atom. The van der Waals surface area contributed by atoms with Crippen LogP contribution in [0, 0.1) is 5.92 Å². The van der Waals surface area contributed by atoms with Gasteiger partial charge in [0.2, 0.25) is 10.0 Å². The molecule has 1 fully saturated rings. The van der Waals surface area contributed by atoms with E-state index in [9.17, 15) is 8.42 Å². The fraction of sp³-hybridized carbons (Fsp3) is 0.750. The van der Waals surface area contributed by atoms with Crippen molar-refractivity contribution in [3.8, 4) is 0 Å². The zero-order chi connectivity index (χ0) is 19.2. The minimum absolute atomic E-state index is 0.455. The van der Waals surface area contributed by atoms with Crippen LogP contribution < -0.4 is 15.5 Å². The number of nitrogens with zero attached hydrogens (tertiary/aromatic N) is 4. The van der Waals surface area contributed by atoms with Gasteiger partial charge in [0, 0.05) is 45.7 Å². The summed E-state index contributed by atoms with van der Waals surface area (Å²) in [7, 11) is 0.892. The molecule has 1 saturated heterocycles. The number of hydrogen-bond donors (Lipinski definition) is 2. The molecule has 0 spiro atoms. The summed E-state index contributed by atoms with van der Waals surface area (Å²) in [6, 6.07) is 0. The second-order valence-corrected chi connectivity index (χ2v) is 9.52. The van der Waals surface area contributed by atoms with Gasteiger partial charge in [-0.2, -0.15) is 0 Å². The van der Waals surface area contributed by atoms with E-state index in [0.29, 0.717) is 25.6 Å². The van der Waals surface area contributed by atoms with Crippen LogP contribution in [0.15, 0.2) is 10.4 Å². The van der Waals surface area contributed by atoms with Crippen LogP contribution in [0.5, 0.6) is 0 Å².